The third-order valence-electron chi connectivity index (χ3n) is 14.8. The first kappa shape index (κ1) is 73.9. The molecular formula is C68H119NO10. The molecule has 79 heavy (non-hydrogen) atoms. The van der Waals surface area contributed by atoms with Gasteiger partial charge in [-0.1, -0.05) is 266 Å². The number of carbonyl (C=O) groups excluding carboxylic acids is 2. The number of allylic oxidation sites excluding steroid dienone is 13. The summed E-state index contributed by atoms with van der Waals surface area (Å²) in [6, 6.07) is -1.03. The maximum absolute atomic E-state index is 13.4. The van der Waals surface area contributed by atoms with Gasteiger partial charge in [0.2, 0.25) is 5.91 Å². The van der Waals surface area contributed by atoms with Crippen LogP contribution in [0.1, 0.15) is 271 Å². The quantitative estimate of drug-likeness (QED) is 0.0149. The minimum Gasteiger partial charge on any atom is -0.454 e. The summed E-state index contributed by atoms with van der Waals surface area (Å²) in [6.07, 6.45) is 62.0. The van der Waals surface area contributed by atoms with E-state index in [1.54, 1.807) is 6.08 Å². The predicted molar refractivity (Wildman–Crippen MR) is 329 cm³/mol. The first-order chi connectivity index (χ1) is 38.7. The molecule has 0 aromatic heterocycles. The molecule has 11 heteroatoms. The van der Waals surface area contributed by atoms with E-state index >= 15 is 0 Å². The van der Waals surface area contributed by atoms with Gasteiger partial charge in [-0.2, -0.15) is 0 Å². The van der Waals surface area contributed by atoms with E-state index in [1.807, 2.05) is 18.2 Å². The van der Waals surface area contributed by atoms with Crippen LogP contribution < -0.4 is 5.32 Å². The fourth-order valence-electron chi connectivity index (χ4n) is 9.72. The van der Waals surface area contributed by atoms with Crippen molar-refractivity contribution in [3.8, 4) is 0 Å². The van der Waals surface area contributed by atoms with Crippen molar-refractivity contribution in [2.45, 2.75) is 320 Å². The summed E-state index contributed by atoms with van der Waals surface area (Å²) < 4.78 is 17.6. The van der Waals surface area contributed by atoms with Gasteiger partial charge in [0.1, 0.15) is 24.4 Å². The minimum absolute atomic E-state index is 0.117. The largest absolute Gasteiger partial charge is 0.454 e. The van der Waals surface area contributed by atoms with E-state index in [9.17, 15) is 35.1 Å². The second-order valence-electron chi connectivity index (χ2n) is 22.2. The van der Waals surface area contributed by atoms with Crippen molar-refractivity contribution >= 4 is 11.9 Å². The van der Waals surface area contributed by atoms with Crippen LogP contribution in [0.3, 0.4) is 0 Å². The molecule has 0 saturated carbocycles. The fourth-order valence-corrected chi connectivity index (χ4v) is 9.72. The van der Waals surface area contributed by atoms with Gasteiger partial charge in [0.15, 0.2) is 12.4 Å². The summed E-state index contributed by atoms with van der Waals surface area (Å²) in [5.74, 6) is -1.21. The molecule has 1 aliphatic heterocycles. The van der Waals surface area contributed by atoms with Crippen LogP contribution in [0.25, 0.3) is 0 Å². The highest BCUT2D eigenvalue weighted by Gasteiger charge is 2.47. The van der Waals surface area contributed by atoms with Gasteiger partial charge in [-0.15, -0.1) is 0 Å². The Morgan fingerprint density at radius 2 is 0.962 bits per heavy atom. The number of hydrogen-bond donors (Lipinski definition) is 6. The Labute approximate surface area is 483 Å². The molecule has 0 aliphatic carbocycles. The zero-order valence-electron chi connectivity index (χ0n) is 50.5. The van der Waals surface area contributed by atoms with Gasteiger partial charge < -0.3 is 45.1 Å². The Morgan fingerprint density at radius 1 is 0.519 bits per heavy atom. The lowest BCUT2D eigenvalue weighted by molar-refractivity contribution is -0.305. The molecule has 1 aliphatic rings. The summed E-state index contributed by atoms with van der Waals surface area (Å²) in [4.78, 5) is 26.6. The number of nitrogens with one attached hydrogen (secondary N) is 1. The number of esters is 1. The highest BCUT2D eigenvalue weighted by Crippen LogP contribution is 2.26. The van der Waals surface area contributed by atoms with E-state index in [4.69, 9.17) is 14.2 Å². The Kier molecular flexibility index (Phi) is 51.8. The van der Waals surface area contributed by atoms with Crippen molar-refractivity contribution < 1.29 is 49.3 Å². The van der Waals surface area contributed by atoms with E-state index in [-0.39, 0.29) is 19.4 Å². The molecule has 456 valence electrons. The monoisotopic (exact) mass is 1110 g/mol. The van der Waals surface area contributed by atoms with Gasteiger partial charge in [0.05, 0.1) is 25.4 Å². The van der Waals surface area contributed by atoms with E-state index in [2.05, 4.69) is 86.8 Å². The highest BCUT2D eigenvalue weighted by molar-refractivity contribution is 5.80. The molecule has 0 radical (unpaired) electrons. The van der Waals surface area contributed by atoms with Crippen molar-refractivity contribution in [3.05, 3.63) is 85.1 Å². The minimum atomic E-state index is -1.62. The van der Waals surface area contributed by atoms with Gasteiger partial charge in [-0.3, -0.25) is 9.59 Å². The summed E-state index contributed by atoms with van der Waals surface area (Å²) in [6.45, 7) is 5.62. The molecule has 1 rings (SSSR count). The number of ether oxygens (including phenoxy) is 3. The first-order valence-electron chi connectivity index (χ1n) is 32.4. The topological polar surface area (TPSA) is 175 Å². The number of unbranched alkanes of at least 4 members (excludes halogenated alkanes) is 30. The number of carbonyl (C=O) groups is 2. The average Bonchev–Trinajstić information content (AvgIpc) is 3.45. The Bertz CT molecular complexity index is 1610. The molecule has 1 heterocycles. The maximum atomic E-state index is 13.4. The lowest BCUT2D eigenvalue weighted by Crippen LogP contribution is -2.61. The molecule has 1 amide bonds. The molecule has 6 N–H and O–H groups in total. The molecular weight excluding hydrogens is 991 g/mol. The van der Waals surface area contributed by atoms with Crippen LogP contribution >= 0.6 is 0 Å². The van der Waals surface area contributed by atoms with Crippen LogP contribution in [0.5, 0.6) is 0 Å². The number of aliphatic hydroxyl groups excluding tert-OH is 5. The van der Waals surface area contributed by atoms with Crippen LogP contribution in [0, 0.1) is 0 Å². The van der Waals surface area contributed by atoms with Crippen molar-refractivity contribution in [1.29, 1.82) is 0 Å². The van der Waals surface area contributed by atoms with Crippen LogP contribution in [0.2, 0.25) is 0 Å². The van der Waals surface area contributed by atoms with Gasteiger partial charge in [0, 0.05) is 6.42 Å². The van der Waals surface area contributed by atoms with Crippen LogP contribution in [0.4, 0.5) is 0 Å². The average molecular weight is 1110 g/mol. The summed E-state index contributed by atoms with van der Waals surface area (Å²) in [5, 5.41) is 57.0. The van der Waals surface area contributed by atoms with Gasteiger partial charge in [-0.25, -0.2) is 0 Å². The Hall–Kier alpha value is -3.16. The number of hydrogen-bond acceptors (Lipinski definition) is 10. The molecule has 0 aromatic rings. The third-order valence-corrected chi connectivity index (χ3v) is 14.8. The molecule has 11 nitrogen and oxygen atoms in total. The molecule has 0 bridgehead atoms. The van der Waals surface area contributed by atoms with E-state index in [0.717, 1.165) is 96.3 Å². The van der Waals surface area contributed by atoms with Gasteiger partial charge in [0.25, 0.3) is 0 Å². The normalized spacial score (nSPS) is 19.4. The Morgan fingerprint density at radius 3 is 1.49 bits per heavy atom. The van der Waals surface area contributed by atoms with Crippen molar-refractivity contribution in [1.82, 2.24) is 5.32 Å². The molecule has 0 spiro atoms. The van der Waals surface area contributed by atoms with Crippen LogP contribution in [0.15, 0.2) is 85.1 Å². The van der Waals surface area contributed by atoms with E-state index in [1.165, 1.54) is 128 Å². The summed E-state index contributed by atoms with van der Waals surface area (Å²) in [7, 11) is 0. The van der Waals surface area contributed by atoms with Crippen molar-refractivity contribution in [2.75, 3.05) is 13.2 Å². The van der Waals surface area contributed by atoms with Crippen LogP contribution in [-0.4, -0.2) is 99.6 Å². The van der Waals surface area contributed by atoms with Gasteiger partial charge >= 0.3 is 5.97 Å². The molecule has 8 unspecified atom stereocenters. The zero-order valence-corrected chi connectivity index (χ0v) is 50.5. The summed E-state index contributed by atoms with van der Waals surface area (Å²) >= 11 is 0. The molecule has 1 fully saturated rings. The lowest BCUT2D eigenvalue weighted by atomic mass is 9.99. The molecule has 8 atom stereocenters. The molecule has 0 aromatic carbocycles. The SMILES string of the molecule is CC/C=C/C=C/C=C/CCCCCCCCC(O)C(=O)NC(COC1OC(CO)C(O)C(O)C1OC(=O)CCCCCCCCCCCCCC/C=C\C/C=C\C/C=C\CCCCC)C(O)/C=C/CCCCCCCCCCC. The van der Waals surface area contributed by atoms with Crippen LogP contribution in [-0.2, 0) is 23.8 Å². The standard InChI is InChI=1S/C68H119NO10/c1-4-7-10-13-16-19-22-24-26-27-28-29-30-31-32-33-34-35-36-38-41-44-47-50-53-56-63(73)79-66-65(75)64(74)62(57-70)78-68(66)77-58-59(60(71)54-51-48-45-42-39-21-18-15-12-9-6-3)69-67(76)61(72)55-52-49-46-43-40-37-25-23-20-17-14-11-8-5-2/h8,11,14,16-17,19-20,23-24,26,28-29,51,54,59-62,64-66,68,70-72,74-75H,4-7,9-10,12-13,15,18,21-22,25,27,30-50,52-53,55-58H2,1-3H3,(H,69,76)/b11-8+,17-14+,19-16-,23-20+,26-24-,29-28-,54-51+. The van der Waals surface area contributed by atoms with Crippen molar-refractivity contribution in [2.24, 2.45) is 0 Å². The molecule has 1 saturated heterocycles. The van der Waals surface area contributed by atoms with Gasteiger partial charge in [-0.05, 0) is 83.5 Å². The second-order valence-corrected chi connectivity index (χ2v) is 22.2. The third kappa shape index (κ3) is 43.2. The second kappa shape index (κ2) is 55.4. The first-order valence-corrected chi connectivity index (χ1v) is 32.4. The van der Waals surface area contributed by atoms with E-state index in [0.29, 0.717) is 12.8 Å². The lowest BCUT2D eigenvalue weighted by Gasteiger charge is -2.41. The number of aliphatic hydroxyl groups is 5. The fraction of sp³-hybridized carbons (Fsp3) is 0.765. The number of amides is 1. The number of rotatable bonds is 54. The smallest absolute Gasteiger partial charge is 0.306 e. The zero-order chi connectivity index (χ0) is 57.5. The maximum Gasteiger partial charge on any atom is 0.306 e. The predicted octanol–water partition coefficient (Wildman–Crippen LogP) is 15.7. The summed E-state index contributed by atoms with van der Waals surface area (Å²) in [5.41, 5.74) is 0. The Balaban J connectivity index is 2.58. The highest BCUT2D eigenvalue weighted by atomic mass is 16.7. The van der Waals surface area contributed by atoms with E-state index < -0.39 is 67.4 Å². The van der Waals surface area contributed by atoms with Crippen molar-refractivity contribution in [3.63, 3.8) is 0 Å².